The van der Waals surface area contributed by atoms with Crippen molar-refractivity contribution < 1.29 is 4.79 Å². The smallest absolute Gasteiger partial charge is 0.258 e. The Kier molecular flexibility index (Phi) is 7.13. The highest BCUT2D eigenvalue weighted by molar-refractivity contribution is 7.99. The van der Waals surface area contributed by atoms with E-state index in [2.05, 4.69) is 35.6 Å². The highest BCUT2D eigenvalue weighted by Gasteiger charge is 2.44. The number of anilines is 1. The van der Waals surface area contributed by atoms with Crippen LogP contribution in [0.1, 0.15) is 47.9 Å². The monoisotopic (exact) mass is 535 g/mol. The summed E-state index contributed by atoms with van der Waals surface area (Å²) in [5.41, 5.74) is 6.96. The lowest BCUT2D eigenvalue weighted by Gasteiger charge is -2.36. The molecule has 0 radical (unpaired) electrons. The Hall–Kier alpha value is -3.64. The van der Waals surface area contributed by atoms with Gasteiger partial charge < -0.3 is 5.32 Å². The van der Waals surface area contributed by atoms with Gasteiger partial charge in [0.15, 0.2) is 5.16 Å². The van der Waals surface area contributed by atoms with Crippen molar-refractivity contribution >= 4 is 23.4 Å². The lowest BCUT2D eigenvalue weighted by atomic mass is 9.68. The third-order valence-electron chi connectivity index (χ3n) is 8.24. The average molecular weight is 536 g/mol. The molecule has 1 spiro atoms. The van der Waals surface area contributed by atoms with E-state index in [1.165, 1.54) is 22.9 Å². The van der Waals surface area contributed by atoms with Crippen LogP contribution in [-0.2, 0) is 29.6 Å². The number of rotatable bonds is 7. The van der Waals surface area contributed by atoms with Gasteiger partial charge in [-0.25, -0.2) is 4.98 Å². The van der Waals surface area contributed by atoms with E-state index in [-0.39, 0.29) is 22.6 Å². The Labute approximate surface area is 233 Å². The number of amides is 1. The minimum atomic E-state index is -0.145. The van der Waals surface area contributed by atoms with E-state index in [0.29, 0.717) is 11.7 Å². The molecule has 4 aromatic rings. The number of carbonyl (C=O) groups excluding carboxylic acids is 1. The van der Waals surface area contributed by atoms with Gasteiger partial charge in [0, 0.05) is 23.2 Å². The van der Waals surface area contributed by atoms with Crippen LogP contribution in [0, 0.1) is 6.92 Å². The van der Waals surface area contributed by atoms with Crippen LogP contribution < -0.4 is 10.9 Å². The van der Waals surface area contributed by atoms with Crippen LogP contribution in [0.4, 0.5) is 5.69 Å². The predicted molar refractivity (Wildman–Crippen MR) is 158 cm³/mol. The predicted octanol–water partition coefficient (Wildman–Crippen LogP) is 6.56. The van der Waals surface area contributed by atoms with E-state index >= 15 is 0 Å². The summed E-state index contributed by atoms with van der Waals surface area (Å²) in [6, 6.07) is 26.4. The number of thioether (sulfide) groups is 1. The molecule has 5 nitrogen and oxygen atoms in total. The SMILES string of the molecule is Cc1ccccc1NC(=O)CSc1nc2c(c(=O)n1CCc1ccccc1)C1(CCCC1)Cc1ccccc1-2. The van der Waals surface area contributed by atoms with Gasteiger partial charge in [-0.3, -0.25) is 14.2 Å². The fourth-order valence-electron chi connectivity index (χ4n) is 6.27. The third kappa shape index (κ3) is 5.06. The molecule has 1 saturated carbocycles. The molecule has 1 amide bonds. The maximum absolute atomic E-state index is 14.4. The normalized spacial score (nSPS) is 15.1. The number of para-hydroxylation sites is 1. The van der Waals surface area contributed by atoms with Gasteiger partial charge in [-0.1, -0.05) is 97.4 Å². The molecule has 1 heterocycles. The van der Waals surface area contributed by atoms with E-state index in [0.717, 1.165) is 66.6 Å². The number of nitrogens with zero attached hydrogens (tertiary/aromatic N) is 2. The average Bonchev–Trinajstić information content (AvgIpc) is 3.41. The number of aryl methyl sites for hydroxylation is 2. The Morgan fingerprint density at radius 1 is 0.974 bits per heavy atom. The summed E-state index contributed by atoms with van der Waals surface area (Å²) in [7, 11) is 0. The van der Waals surface area contributed by atoms with Crippen molar-refractivity contribution in [3.05, 3.63) is 111 Å². The molecule has 2 aliphatic carbocycles. The molecule has 0 bridgehead atoms. The minimum absolute atomic E-state index is 0.0640. The van der Waals surface area contributed by atoms with Crippen LogP contribution in [0.25, 0.3) is 11.3 Å². The number of fused-ring (bicyclic) bond motifs is 4. The molecule has 1 fully saturated rings. The number of benzene rings is 3. The molecule has 0 unspecified atom stereocenters. The van der Waals surface area contributed by atoms with E-state index in [9.17, 15) is 9.59 Å². The summed E-state index contributed by atoms with van der Waals surface area (Å²) < 4.78 is 1.84. The first-order valence-electron chi connectivity index (χ1n) is 13.8. The maximum atomic E-state index is 14.4. The van der Waals surface area contributed by atoms with Gasteiger partial charge >= 0.3 is 0 Å². The summed E-state index contributed by atoms with van der Waals surface area (Å²) in [4.78, 5) is 32.6. The lowest BCUT2D eigenvalue weighted by molar-refractivity contribution is -0.113. The summed E-state index contributed by atoms with van der Waals surface area (Å²) in [6.07, 6.45) is 5.96. The zero-order valence-electron chi connectivity index (χ0n) is 22.3. The van der Waals surface area contributed by atoms with Crippen molar-refractivity contribution in [2.45, 2.75) is 62.6 Å². The third-order valence-corrected chi connectivity index (χ3v) is 9.22. The number of nitrogens with one attached hydrogen (secondary N) is 1. The van der Waals surface area contributed by atoms with E-state index in [1.807, 2.05) is 60.0 Å². The standard InChI is InChI=1S/C33H33N3O2S/c1-23-11-5-8-16-27(23)34-28(37)22-39-32-35-30-26-15-7-6-14-25(26)21-33(18-9-10-19-33)29(30)31(38)36(32)20-17-24-12-3-2-4-13-24/h2-8,11-16H,9-10,17-22H2,1H3,(H,34,37). The highest BCUT2D eigenvalue weighted by Crippen LogP contribution is 2.50. The van der Waals surface area contributed by atoms with Gasteiger partial charge in [-0.2, -0.15) is 0 Å². The second kappa shape index (κ2) is 10.9. The molecule has 0 atom stereocenters. The summed E-state index contributed by atoms with van der Waals surface area (Å²) in [6.45, 7) is 2.51. The molecule has 1 N–H and O–H groups in total. The first kappa shape index (κ1) is 25.6. The molecule has 2 aliphatic rings. The van der Waals surface area contributed by atoms with Gasteiger partial charge in [0.1, 0.15) is 0 Å². The lowest BCUT2D eigenvalue weighted by Crippen LogP contribution is -2.40. The van der Waals surface area contributed by atoms with Crippen LogP contribution in [0.2, 0.25) is 0 Å². The van der Waals surface area contributed by atoms with Crippen LogP contribution in [0.15, 0.2) is 88.8 Å². The van der Waals surface area contributed by atoms with Crippen molar-refractivity contribution in [1.29, 1.82) is 0 Å². The number of carbonyl (C=O) groups is 1. The zero-order valence-corrected chi connectivity index (χ0v) is 23.1. The highest BCUT2D eigenvalue weighted by atomic mass is 32.2. The van der Waals surface area contributed by atoms with Gasteiger partial charge in [-0.05, 0) is 55.4 Å². The Balaban J connectivity index is 1.39. The zero-order chi connectivity index (χ0) is 26.8. The van der Waals surface area contributed by atoms with E-state index in [4.69, 9.17) is 4.98 Å². The molecule has 39 heavy (non-hydrogen) atoms. The first-order valence-corrected chi connectivity index (χ1v) is 14.8. The topological polar surface area (TPSA) is 64.0 Å². The first-order chi connectivity index (χ1) is 19.0. The summed E-state index contributed by atoms with van der Waals surface area (Å²) >= 11 is 1.35. The van der Waals surface area contributed by atoms with Gasteiger partial charge in [-0.15, -0.1) is 0 Å². The second-order valence-electron chi connectivity index (χ2n) is 10.8. The molecule has 3 aromatic carbocycles. The molecule has 0 aliphatic heterocycles. The maximum Gasteiger partial charge on any atom is 0.258 e. The van der Waals surface area contributed by atoms with Crippen LogP contribution >= 0.6 is 11.8 Å². The molecular weight excluding hydrogens is 502 g/mol. The second-order valence-corrected chi connectivity index (χ2v) is 11.7. The Morgan fingerprint density at radius 2 is 1.69 bits per heavy atom. The van der Waals surface area contributed by atoms with E-state index in [1.54, 1.807) is 0 Å². The summed E-state index contributed by atoms with van der Waals surface area (Å²) in [5.74, 6) is 0.0704. The number of hydrogen-bond donors (Lipinski definition) is 1. The molecule has 6 rings (SSSR count). The molecule has 6 heteroatoms. The van der Waals surface area contributed by atoms with Crippen molar-refractivity contribution in [1.82, 2.24) is 9.55 Å². The quantitative estimate of drug-likeness (QED) is 0.215. The Bertz CT molecular complexity index is 1570. The van der Waals surface area contributed by atoms with Crippen molar-refractivity contribution in [3.8, 4) is 11.3 Å². The molecule has 0 saturated heterocycles. The van der Waals surface area contributed by atoms with Crippen LogP contribution in [-0.4, -0.2) is 21.2 Å². The van der Waals surface area contributed by atoms with Gasteiger partial charge in [0.2, 0.25) is 5.91 Å². The van der Waals surface area contributed by atoms with Gasteiger partial charge in [0.05, 0.1) is 17.0 Å². The summed E-state index contributed by atoms with van der Waals surface area (Å²) in [5, 5.41) is 3.63. The van der Waals surface area contributed by atoms with Crippen LogP contribution in [0.5, 0.6) is 0 Å². The fourth-order valence-corrected chi connectivity index (χ4v) is 7.09. The largest absolute Gasteiger partial charge is 0.325 e. The van der Waals surface area contributed by atoms with Crippen molar-refractivity contribution in [2.75, 3.05) is 11.1 Å². The van der Waals surface area contributed by atoms with Crippen molar-refractivity contribution in [2.24, 2.45) is 0 Å². The van der Waals surface area contributed by atoms with Gasteiger partial charge in [0.25, 0.3) is 5.56 Å². The minimum Gasteiger partial charge on any atom is -0.325 e. The fraction of sp³-hybridized carbons (Fsp3) is 0.303. The molecule has 198 valence electrons. The number of hydrogen-bond acceptors (Lipinski definition) is 4. The van der Waals surface area contributed by atoms with Crippen molar-refractivity contribution in [3.63, 3.8) is 0 Å². The molecular formula is C33H33N3O2S. The molecule has 1 aromatic heterocycles. The number of aromatic nitrogens is 2. The van der Waals surface area contributed by atoms with E-state index < -0.39 is 0 Å². The Morgan fingerprint density at radius 3 is 2.49 bits per heavy atom. The van der Waals surface area contributed by atoms with Crippen LogP contribution in [0.3, 0.4) is 0 Å².